The SMILES string of the molecule is Cc1cccc(-n2nnnc2SCc2ccccc2C#N)c1. The molecular weight excluding hydrogens is 294 g/mol. The molecule has 0 amide bonds. The van der Waals surface area contributed by atoms with Gasteiger partial charge in [-0.3, -0.25) is 0 Å². The van der Waals surface area contributed by atoms with Gasteiger partial charge in [0.15, 0.2) is 0 Å². The van der Waals surface area contributed by atoms with Crippen molar-refractivity contribution in [1.29, 1.82) is 5.26 Å². The van der Waals surface area contributed by atoms with E-state index in [4.69, 9.17) is 5.26 Å². The van der Waals surface area contributed by atoms with Crippen LogP contribution in [-0.4, -0.2) is 20.2 Å². The first-order chi connectivity index (χ1) is 10.8. The number of rotatable bonds is 4. The van der Waals surface area contributed by atoms with Crippen LogP contribution in [0.15, 0.2) is 53.7 Å². The highest BCUT2D eigenvalue weighted by molar-refractivity contribution is 7.98. The lowest BCUT2D eigenvalue weighted by Gasteiger charge is -2.06. The molecule has 0 aliphatic carbocycles. The first-order valence-corrected chi connectivity index (χ1v) is 7.73. The fraction of sp³-hybridized carbons (Fsp3) is 0.125. The van der Waals surface area contributed by atoms with Crippen LogP contribution in [0, 0.1) is 18.3 Å². The second-order valence-corrected chi connectivity index (χ2v) is 5.71. The van der Waals surface area contributed by atoms with Crippen LogP contribution in [0.4, 0.5) is 0 Å². The van der Waals surface area contributed by atoms with Crippen molar-refractivity contribution in [2.45, 2.75) is 17.8 Å². The maximum absolute atomic E-state index is 9.13. The standard InChI is InChI=1S/C16H13N5S/c1-12-5-4-8-15(9-12)21-16(18-19-20-21)22-11-14-7-3-2-6-13(14)10-17/h2-9H,11H2,1H3. The number of nitriles is 1. The maximum Gasteiger partial charge on any atom is 0.214 e. The Morgan fingerprint density at radius 3 is 2.86 bits per heavy atom. The highest BCUT2D eigenvalue weighted by Gasteiger charge is 2.10. The van der Waals surface area contributed by atoms with E-state index in [1.54, 1.807) is 4.68 Å². The van der Waals surface area contributed by atoms with E-state index in [9.17, 15) is 0 Å². The smallest absolute Gasteiger partial charge is 0.192 e. The average Bonchev–Trinajstić information content (AvgIpc) is 3.01. The van der Waals surface area contributed by atoms with Crippen LogP contribution >= 0.6 is 11.8 Å². The molecule has 22 heavy (non-hydrogen) atoms. The normalized spacial score (nSPS) is 10.4. The highest BCUT2D eigenvalue weighted by Crippen LogP contribution is 2.24. The Kier molecular flexibility index (Phi) is 4.17. The number of hydrogen-bond acceptors (Lipinski definition) is 5. The first-order valence-electron chi connectivity index (χ1n) is 6.74. The molecule has 3 rings (SSSR count). The molecule has 108 valence electrons. The third-order valence-corrected chi connectivity index (χ3v) is 4.15. The van der Waals surface area contributed by atoms with Crippen molar-refractivity contribution in [2.75, 3.05) is 0 Å². The van der Waals surface area contributed by atoms with E-state index in [0.717, 1.165) is 16.8 Å². The summed E-state index contributed by atoms with van der Waals surface area (Å²) in [4.78, 5) is 0. The molecule has 0 fully saturated rings. The van der Waals surface area contributed by atoms with Gasteiger partial charge in [-0.15, -0.1) is 5.10 Å². The lowest BCUT2D eigenvalue weighted by Crippen LogP contribution is -1.99. The number of tetrazole rings is 1. The van der Waals surface area contributed by atoms with E-state index in [1.165, 1.54) is 11.8 Å². The van der Waals surface area contributed by atoms with E-state index < -0.39 is 0 Å². The molecule has 0 radical (unpaired) electrons. The predicted molar refractivity (Wildman–Crippen MR) is 84.6 cm³/mol. The second-order valence-electron chi connectivity index (χ2n) is 4.77. The number of benzene rings is 2. The molecule has 0 saturated heterocycles. The molecule has 0 atom stereocenters. The summed E-state index contributed by atoms with van der Waals surface area (Å²) in [5.74, 6) is 0.649. The molecule has 0 saturated carbocycles. The quantitative estimate of drug-likeness (QED) is 0.693. The number of aryl methyl sites for hydroxylation is 1. The van der Waals surface area contributed by atoms with Gasteiger partial charge in [-0.05, 0) is 46.7 Å². The van der Waals surface area contributed by atoms with Crippen molar-refractivity contribution >= 4 is 11.8 Å². The van der Waals surface area contributed by atoms with Crippen molar-refractivity contribution in [3.63, 3.8) is 0 Å². The maximum atomic E-state index is 9.13. The third kappa shape index (κ3) is 3.00. The summed E-state index contributed by atoms with van der Waals surface area (Å²) in [6, 6.07) is 17.8. The van der Waals surface area contributed by atoms with Crippen molar-refractivity contribution < 1.29 is 0 Å². The largest absolute Gasteiger partial charge is 0.214 e. The van der Waals surface area contributed by atoms with Gasteiger partial charge in [0.2, 0.25) is 5.16 Å². The van der Waals surface area contributed by atoms with E-state index in [1.807, 2.05) is 55.5 Å². The Hall–Kier alpha value is -2.65. The summed E-state index contributed by atoms with van der Waals surface area (Å²) in [5, 5.41) is 21.7. The van der Waals surface area contributed by atoms with Crippen molar-refractivity contribution in [3.05, 3.63) is 65.2 Å². The molecular formula is C16H13N5S. The van der Waals surface area contributed by atoms with Gasteiger partial charge in [0.05, 0.1) is 17.3 Å². The van der Waals surface area contributed by atoms with Gasteiger partial charge in [-0.25, -0.2) is 0 Å². The Morgan fingerprint density at radius 2 is 2.05 bits per heavy atom. The zero-order chi connectivity index (χ0) is 15.4. The topological polar surface area (TPSA) is 67.4 Å². The summed E-state index contributed by atoms with van der Waals surface area (Å²) in [7, 11) is 0. The van der Waals surface area contributed by atoms with Crippen molar-refractivity contribution in [2.24, 2.45) is 0 Å². The minimum absolute atomic E-state index is 0.649. The summed E-state index contributed by atoms with van der Waals surface area (Å²) in [6.07, 6.45) is 0. The summed E-state index contributed by atoms with van der Waals surface area (Å²) in [5.41, 5.74) is 3.75. The summed E-state index contributed by atoms with van der Waals surface area (Å²) < 4.78 is 1.71. The van der Waals surface area contributed by atoms with Gasteiger partial charge in [0.1, 0.15) is 0 Å². The van der Waals surface area contributed by atoms with Crippen LogP contribution in [-0.2, 0) is 5.75 Å². The van der Waals surface area contributed by atoms with E-state index in [-0.39, 0.29) is 0 Å². The molecule has 3 aromatic rings. The van der Waals surface area contributed by atoms with Crippen molar-refractivity contribution in [3.8, 4) is 11.8 Å². The van der Waals surface area contributed by atoms with Gasteiger partial charge in [0.25, 0.3) is 0 Å². The molecule has 0 N–H and O–H groups in total. The fourth-order valence-corrected chi connectivity index (χ4v) is 2.98. The fourth-order valence-electron chi connectivity index (χ4n) is 2.09. The molecule has 1 heterocycles. The molecule has 6 heteroatoms. The van der Waals surface area contributed by atoms with Crippen LogP contribution in [0.2, 0.25) is 0 Å². The molecule has 0 spiro atoms. The predicted octanol–water partition coefficient (Wildman–Crippen LogP) is 3.13. The Labute approximate surface area is 132 Å². The summed E-state index contributed by atoms with van der Waals surface area (Å²) >= 11 is 1.51. The van der Waals surface area contributed by atoms with Gasteiger partial charge in [0, 0.05) is 5.75 Å². The van der Waals surface area contributed by atoms with Crippen LogP contribution in [0.1, 0.15) is 16.7 Å². The van der Waals surface area contributed by atoms with Crippen molar-refractivity contribution in [1.82, 2.24) is 20.2 Å². The summed E-state index contributed by atoms with van der Waals surface area (Å²) in [6.45, 7) is 2.03. The Bertz CT molecular complexity index is 834. The molecule has 2 aromatic carbocycles. The highest BCUT2D eigenvalue weighted by atomic mass is 32.2. The Morgan fingerprint density at radius 1 is 1.18 bits per heavy atom. The van der Waals surface area contributed by atoms with E-state index in [0.29, 0.717) is 16.5 Å². The molecule has 5 nitrogen and oxygen atoms in total. The number of hydrogen-bond donors (Lipinski definition) is 0. The van der Waals surface area contributed by atoms with Gasteiger partial charge >= 0.3 is 0 Å². The van der Waals surface area contributed by atoms with E-state index >= 15 is 0 Å². The third-order valence-electron chi connectivity index (χ3n) is 3.18. The molecule has 1 aromatic heterocycles. The number of aromatic nitrogens is 4. The Balaban J connectivity index is 1.83. The van der Waals surface area contributed by atoms with Crippen LogP contribution in [0.25, 0.3) is 5.69 Å². The minimum atomic E-state index is 0.649. The lowest BCUT2D eigenvalue weighted by molar-refractivity contribution is 0.755. The van der Waals surface area contributed by atoms with Crippen LogP contribution < -0.4 is 0 Å². The minimum Gasteiger partial charge on any atom is -0.192 e. The zero-order valence-corrected chi connectivity index (χ0v) is 12.8. The lowest BCUT2D eigenvalue weighted by atomic mass is 10.1. The van der Waals surface area contributed by atoms with E-state index in [2.05, 4.69) is 21.6 Å². The second kappa shape index (κ2) is 6.41. The van der Waals surface area contributed by atoms with Gasteiger partial charge < -0.3 is 0 Å². The number of nitrogens with zero attached hydrogens (tertiary/aromatic N) is 5. The molecule has 0 aliphatic heterocycles. The molecule has 0 unspecified atom stereocenters. The zero-order valence-electron chi connectivity index (χ0n) is 12.0. The van der Waals surface area contributed by atoms with Crippen LogP contribution in [0.5, 0.6) is 0 Å². The molecule has 0 bridgehead atoms. The van der Waals surface area contributed by atoms with Gasteiger partial charge in [-0.2, -0.15) is 9.94 Å². The van der Waals surface area contributed by atoms with Crippen LogP contribution in [0.3, 0.4) is 0 Å². The molecule has 0 aliphatic rings. The monoisotopic (exact) mass is 307 g/mol. The first kappa shape index (κ1) is 14.3. The average molecular weight is 307 g/mol. The number of thioether (sulfide) groups is 1. The van der Waals surface area contributed by atoms with Gasteiger partial charge in [-0.1, -0.05) is 42.1 Å².